The molecule has 1 rings (SSSR count). The third kappa shape index (κ3) is 2.82. The van der Waals surface area contributed by atoms with Crippen LogP contribution in [0.2, 0.25) is 0 Å². The monoisotopic (exact) mass is 213 g/mol. The molecule has 0 spiro atoms. The van der Waals surface area contributed by atoms with Gasteiger partial charge in [0.15, 0.2) is 0 Å². The van der Waals surface area contributed by atoms with E-state index in [0.717, 1.165) is 6.54 Å². The molecule has 1 N–H and O–H groups in total. The fraction of sp³-hybridized carbons (Fsp3) is 0.500. The maximum absolute atomic E-state index is 10.6. The molecular formula is C10H15NO2S. The summed E-state index contributed by atoms with van der Waals surface area (Å²) < 4.78 is 0. The second-order valence-electron chi connectivity index (χ2n) is 3.15. The van der Waals surface area contributed by atoms with Crippen LogP contribution < -0.4 is 0 Å². The van der Waals surface area contributed by atoms with E-state index < -0.39 is 5.97 Å². The molecule has 78 valence electrons. The molecule has 0 aromatic carbocycles. The second-order valence-corrected chi connectivity index (χ2v) is 4.13. The van der Waals surface area contributed by atoms with E-state index in [1.807, 2.05) is 36.3 Å². The molecule has 1 unspecified atom stereocenters. The third-order valence-corrected chi connectivity index (χ3v) is 3.29. The van der Waals surface area contributed by atoms with Crippen LogP contribution in [0.4, 0.5) is 0 Å². The molecule has 0 radical (unpaired) electrons. The lowest BCUT2D eigenvalue weighted by Gasteiger charge is -2.24. The van der Waals surface area contributed by atoms with Gasteiger partial charge >= 0.3 is 5.97 Å². The first kappa shape index (κ1) is 11.2. The molecule has 0 bridgehead atoms. The van der Waals surface area contributed by atoms with Crippen molar-refractivity contribution < 1.29 is 9.90 Å². The van der Waals surface area contributed by atoms with Gasteiger partial charge in [0.25, 0.3) is 0 Å². The zero-order valence-corrected chi connectivity index (χ0v) is 9.25. The van der Waals surface area contributed by atoms with Gasteiger partial charge < -0.3 is 5.11 Å². The van der Waals surface area contributed by atoms with Crippen LogP contribution in [0.5, 0.6) is 0 Å². The van der Waals surface area contributed by atoms with Crippen molar-refractivity contribution in [2.75, 3.05) is 13.1 Å². The summed E-state index contributed by atoms with van der Waals surface area (Å²) in [5.41, 5.74) is 0. The number of nitrogens with zero attached hydrogens (tertiary/aromatic N) is 1. The van der Waals surface area contributed by atoms with Crippen molar-refractivity contribution in [1.82, 2.24) is 4.90 Å². The quantitative estimate of drug-likeness (QED) is 0.815. The summed E-state index contributed by atoms with van der Waals surface area (Å²) in [5.74, 6) is -0.768. The van der Waals surface area contributed by atoms with E-state index in [1.165, 1.54) is 4.88 Å². The van der Waals surface area contributed by atoms with E-state index in [-0.39, 0.29) is 12.6 Å². The van der Waals surface area contributed by atoms with E-state index >= 15 is 0 Å². The standard InChI is InChI=1S/C10H15NO2S/c1-3-11(7-10(12)13)8(2)9-5-4-6-14-9/h4-6,8H,3,7H2,1-2H3,(H,12,13). The Labute approximate surface area is 88.0 Å². The molecule has 0 aliphatic rings. The molecule has 14 heavy (non-hydrogen) atoms. The highest BCUT2D eigenvalue weighted by molar-refractivity contribution is 7.10. The number of rotatable bonds is 5. The van der Waals surface area contributed by atoms with Crippen molar-refractivity contribution in [3.63, 3.8) is 0 Å². The number of hydrogen-bond donors (Lipinski definition) is 1. The topological polar surface area (TPSA) is 40.5 Å². The summed E-state index contributed by atoms with van der Waals surface area (Å²) in [5, 5.41) is 10.7. The van der Waals surface area contributed by atoms with Gasteiger partial charge in [-0.05, 0) is 24.9 Å². The molecule has 0 saturated carbocycles. The number of thiophene rings is 1. The van der Waals surface area contributed by atoms with Crippen molar-refractivity contribution in [1.29, 1.82) is 0 Å². The predicted octanol–water partition coefficient (Wildman–Crippen LogP) is 2.22. The first-order valence-electron chi connectivity index (χ1n) is 4.64. The summed E-state index contributed by atoms with van der Waals surface area (Å²) in [6.07, 6.45) is 0. The Balaban J connectivity index is 2.65. The van der Waals surface area contributed by atoms with Crippen LogP contribution in [0.1, 0.15) is 24.8 Å². The summed E-state index contributed by atoms with van der Waals surface area (Å²) in [4.78, 5) is 13.8. The van der Waals surface area contributed by atoms with Gasteiger partial charge in [-0.25, -0.2) is 0 Å². The van der Waals surface area contributed by atoms with Gasteiger partial charge in [0.2, 0.25) is 0 Å². The van der Waals surface area contributed by atoms with E-state index in [2.05, 4.69) is 0 Å². The number of carboxylic acid groups (broad SMARTS) is 1. The second kappa shape index (κ2) is 5.12. The summed E-state index contributed by atoms with van der Waals surface area (Å²) in [7, 11) is 0. The number of aliphatic carboxylic acids is 1. The van der Waals surface area contributed by atoms with E-state index in [4.69, 9.17) is 5.11 Å². The molecule has 3 nitrogen and oxygen atoms in total. The minimum atomic E-state index is -0.768. The molecule has 0 aliphatic heterocycles. The molecule has 4 heteroatoms. The largest absolute Gasteiger partial charge is 0.480 e. The number of hydrogen-bond acceptors (Lipinski definition) is 3. The third-order valence-electron chi connectivity index (χ3n) is 2.25. The Kier molecular flexibility index (Phi) is 4.10. The normalized spacial score (nSPS) is 13.1. The fourth-order valence-electron chi connectivity index (χ4n) is 1.41. The molecule has 0 amide bonds. The fourth-order valence-corrected chi connectivity index (χ4v) is 2.22. The highest BCUT2D eigenvalue weighted by Crippen LogP contribution is 2.23. The van der Waals surface area contributed by atoms with E-state index in [9.17, 15) is 4.79 Å². The lowest BCUT2D eigenvalue weighted by atomic mass is 10.2. The van der Waals surface area contributed by atoms with Gasteiger partial charge in [0, 0.05) is 10.9 Å². The van der Waals surface area contributed by atoms with Crippen LogP contribution in [0.25, 0.3) is 0 Å². The van der Waals surface area contributed by atoms with Gasteiger partial charge in [0.05, 0.1) is 6.54 Å². The predicted molar refractivity (Wildman–Crippen MR) is 57.6 cm³/mol. The SMILES string of the molecule is CCN(CC(=O)O)C(C)c1cccs1. The van der Waals surface area contributed by atoms with Crippen LogP contribution in [-0.4, -0.2) is 29.1 Å². The van der Waals surface area contributed by atoms with Crippen molar-refractivity contribution in [2.24, 2.45) is 0 Å². The minimum absolute atomic E-state index is 0.107. The van der Waals surface area contributed by atoms with Crippen LogP contribution in [0.3, 0.4) is 0 Å². The molecule has 1 aromatic heterocycles. The zero-order valence-electron chi connectivity index (χ0n) is 8.43. The molecule has 0 saturated heterocycles. The molecule has 0 aliphatic carbocycles. The van der Waals surface area contributed by atoms with Gasteiger partial charge in [-0.3, -0.25) is 9.69 Å². The van der Waals surface area contributed by atoms with Crippen LogP contribution in [-0.2, 0) is 4.79 Å². The maximum Gasteiger partial charge on any atom is 0.317 e. The average molecular weight is 213 g/mol. The number of likely N-dealkylation sites (N-methyl/N-ethyl adjacent to an activating group) is 1. The van der Waals surface area contributed by atoms with E-state index in [0.29, 0.717) is 0 Å². The van der Waals surface area contributed by atoms with Crippen molar-refractivity contribution in [2.45, 2.75) is 19.9 Å². The molecule has 0 fully saturated rings. The lowest BCUT2D eigenvalue weighted by molar-refractivity contribution is -0.138. The highest BCUT2D eigenvalue weighted by Gasteiger charge is 2.17. The van der Waals surface area contributed by atoms with Crippen LogP contribution in [0.15, 0.2) is 17.5 Å². The van der Waals surface area contributed by atoms with Crippen molar-refractivity contribution in [3.8, 4) is 0 Å². The Morgan fingerprint density at radius 3 is 2.86 bits per heavy atom. The smallest absolute Gasteiger partial charge is 0.317 e. The Bertz CT molecular complexity index is 284. The van der Waals surface area contributed by atoms with Crippen molar-refractivity contribution in [3.05, 3.63) is 22.4 Å². The van der Waals surface area contributed by atoms with Crippen LogP contribution >= 0.6 is 11.3 Å². The molecule has 1 atom stereocenters. The zero-order chi connectivity index (χ0) is 10.6. The molecular weight excluding hydrogens is 198 g/mol. The minimum Gasteiger partial charge on any atom is -0.480 e. The van der Waals surface area contributed by atoms with Gasteiger partial charge in [-0.1, -0.05) is 13.0 Å². The van der Waals surface area contributed by atoms with Crippen molar-refractivity contribution >= 4 is 17.3 Å². The Morgan fingerprint density at radius 1 is 1.71 bits per heavy atom. The maximum atomic E-state index is 10.6. The number of carbonyl (C=O) groups is 1. The first-order valence-corrected chi connectivity index (χ1v) is 5.52. The Morgan fingerprint density at radius 2 is 2.43 bits per heavy atom. The van der Waals surface area contributed by atoms with Crippen LogP contribution in [0, 0.1) is 0 Å². The summed E-state index contributed by atoms with van der Waals surface area (Å²) in [6.45, 7) is 4.88. The first-order chi connectivity index (χ1) is 6.65. The molecule has 1 heterocycles. The highest BCUT2D eigenvalue weighted by atomic mass is 32.1. The van der Waals surface area contributed by atoms with E-state index in [1.54, 1.807) is 11.3 Å². The summed E-state index contributed by atoms with van der Waals surface area (Å²) in [6, 6.07) is 4.22. The Hall–Kier alpha value is -0.870. The van der Waals surface area contributed by atoms with Gasteiger partial charge in [-0.15, -0.1) is 11.3 Å². The number of carboxylic acids is 1. The van der Waals surface area contributed by atoms with Gasteiger partial charge in [0.1, 0.15) is 0 Å². The van der Waals surface area contributed by atoms with Gasteiger partial charge in [-0.2, -0.15) is 0 Å². The lowest BCUT2D eigenvalue weighted by Crippen LogP contribution is -2.31. The average Bonchev–Trinajstić information content (AvgIpc) is 2.65. The molecule has 1 aromatic rings. The summed E-state index contributed by atoms with van der Waals surface area (Å²) >= 11 is 1.67.